The molecule has 0 bridgehead atoms. The molecular weight excluding hydrogens is 450 g/mol. The largest absolute Gasteiger partial charge is 0.486 e. The number of nitrogens with zero attached hydrogens (tertiary/aromatic N) is 1. The first-order valence-corrected chi connectivity index (χ1v) is 12.8. The number of imidazole rings is 1. The summed E-state index contributed by atoms with van der Waals surface area (Å²) in [5.74, 6) is 3.23. The monoisotopic (exact) mass is 481 g/mol. The van der Waals surface area contributed by atoms with Crippen molar-refractivity contribution in [1.82, 2.24) is 14.7 Å². The van der Waals surface area contributed by atoms with Gasteiger partial charge in [0.2, 0.25) is 10.0 Å². The van der Waals surface area contributed by atoms with Crippen molar-refractivity contribution in [3.63, 3.8) is 0 Å². The Morgan fingerprint density at radius 3 is 1.85 bits per heavy atom. The lowest BCUT2D eigenvalue weighted by Gasteiger charge is -2.06. The molecule has 0 unspecified atom stereocenters. The van der Waals surface area contributed by atoms with E-state index in [1.165, 1.54) is 7.05 Å². The maximum atomic E-state index is 9.89. The number of hydrogen-bond acceptors (Lipinski definition) is 5. The Kier molecular flexibility index (Phi) is 10.8. The maximum absolute atomic E-state index is 9.89. The summed E-state index contributed by atoms with van der Waals surface area (Å²) in [6.45, 7) is 4.40. The van der Waals surface area contributed by atoms with Crippen LogP contribution in [0, 0.1) is 0 Å². The minimum Gasteiger partial charge on any atom is -0.486 e. The number of ether oxygens (including phenoxy) is 2. The smallest absolute Gasteiger partial charge is 0.208 e. The van der Waals surface area contributed by atoms with Crippen molar-refractivity contribution in [2.45, 2.75) is 20.5 Å². The molecule has 0 saturated heterocycles. The van der Waals surface area contributed by atoms with Crippen molar-refractivity contribution < 1.29 is 17.9 Å². The highest BCUT2D eigenvalue weighted by atomic mass is 32.2. The van der Waals surface area contributed by atoms with Crippen LogP contribution in [0.15, 0.2) is 91.1 Å². The highest BCUT2D eigenvalue weighted by molar-refractivity contribution is 7.88. The minimum absolute atomic E-state index is 0.402. The quantitative estimate of drug-likeness (QED) is 0.356. The van der Waals surface area contributed by atoms with Crippen LogP contribution in [0.3, 0.4) is 0 Å². The average molecular weight is 482 g/mol. The number of H-pyrrole nitrogens is 1. The Balaban J connectivity index is 0.000000447. The second-order valence-electron chi connectivity index (χ2n) is 6.76. The van der Waals surface area contributed by atoms with Crippen molar-refractivity contribution in [2.24, 2.45) is 0 Å². The van der Waals surface area contributed by atoms with Crippen LogP contribution in [0.2, 0.25) is 0 Å². The van der Waals surface area contributed by atoms with Gasteiger partial charge in [0, 0.05) is 0 Å². The molecule has 180 valence electrons. The van der Waals surface area contributed by atoms with Gasteiger partial charge in [-0.2, -0.15) is 0 Å². The highest BCUT2D eigenvalue weighted by Crippen LogP contribution is 2.25. The molecule has 0 aliphatic heterocycles. The van der Waals surface area contributed by atoms with Gasteiger partial charge in [-0.3, -0.25) is 0 Å². The molecule has 3 aromatic carbocycles. The van der Waals surface area contributed by atoms with Gasteiger partial charge < -0.3 is 14.5 Å². The van der Waals surface area contributed by atoms with Crippen molar-refractivity contribution in [1.29, 1.82) is 0 Å². The summed E-state index contributed by atoms with van der Waals surface area (Å²) in [6.07, 6.45) is 2.92. The van der Waals surface area contributed by atoms with Gasteiger partial charge in [-0.05, 0) is 61.1 Å². The van der Waals surface area contributed by atoms with Crippen LogP contribution in [0.4, 0.5) is 0 Å². The van der Waals surface area contributed by atoms with Crippen LogP contribution in [-0.4, -0.2) is 31.7 Å². The van der Waals surface area contributed by atoms with Crippen LogP contribution in [0.25, 0.3) is 11.3 Å². The van der Waals surface area contributed by atoms with Crippen molar-refractivity contribution in [3.8, 4) is 28.5 Å². The number of aromatic amines is 1. The SMILES string of the molecule is CC.CNS(C)(=O)=O.c1ccc(OCc2ncc(-c3ccc(Oc4ccccc4)cc3)[nH]2)cc1. The van der Waals surface area contributed by atoms with E-state index in [9.17, 15) is 8.42 Å². The van der Waals surface area contributed by atoms with Crippen LogP contribution >= 0.6 is 0 Å². The van der Waals surface area contributed by atoms with Gasteiger partial charge in [-0.25, -0.2) is 18.1 Å². The number of sulfonamides is 1. The summed E-state index contributed by atoms with van der Waals surface area (Å²) in [6, 6.07) is 27.4. The normalized spacial score (nSPS) is 10.2. The van der Waals surface area contributed by atoms with Crippen LogP contribution in [-0.2, 0) is 16.6 Å². The van der Waals surface area contributed by atoms with E-state index in [0.29, 0.717) is 6.61 Å². The van der Waals surface area contributed by atoms with Gasteiger partial charge >= 0.3 is 0 Å². The molecule has 34 heavy (non-hydrogen) atoms. The van der Waals surface area contributed by atoms with E-state index in [2.05, 4.69) is 14.7 Å². The molecule has 0 atom stereocenters. The maximum Gasteiger partial charge on any atom is 0.208 e. The van der Waals surface area contributed by atoms with E-state index in [-0.39, 0.29) is 0 Å². The van der Waals surface area contributed by atoms with E-state index in [4.69, 9.17) is 9.47 Å². The molecule has 4 rings (SSSR count). The molecule has 0 aliphatic rings. The summed E-state index contributed by atoms with van der Waals surface area (Å²) < 4.78 is 33.4. The molecule has 0 amide bonds. The third kappa shape index (κ3) is 9.48. The molecule has 0 spiro atoms. The second kappa shape index (κ2) is 13.8. The lowest BCUT2D eigenvalue weighted by Crippen LogP contribution is -2.15. The number of para-hydroxylation sites is 2. The zero-order valence-corrected chi connectivity index (χ0v) is 20.7. The van der Waals surface area contributed by atoms with Crippen molar-refractivity contribution >= 4 is 10.0 Å². The fourth-order valence-electron chi connectivity index (χ4n) is 2.58. The predicted molar refractivity (Wildman–Crippen MR) is 137 cm³/mol. The Morgan fingerprint density at radius 1 is 0.824 bits per heavy atom. The van der Waals surface area contributed by atoms with Gasteiger partial charge in [-0.1, -0.05) is 50.2 Å². The Morgan fingerprint density at radius 2 is 1.32 bits per heavy atom. The standard InChI is InChI=1S/C22H18N2O2.C2H7NO2S.C2H6/c1-3-7-18(8-4-1)25-16-22-23-15-21(24-22)17-11-13-20(14-12-17)26-19-9-5-2-6-10-19;1-3-6(2,4)5;1-2/h1-15H,16H2,(H,23,24);3H,1-2H3;1-2H3. The summed E-state index contributed by atoms with van der Waals surface area (Å²) >= 11 is 0. The van der Waals surface area contributed by atoms with Crippen LogP contribution in [0.5, 0.6) is 17.2 Å². The van der Waals surface area contributed by atoms with Gasteiger partial charge in [-0.15, -0.1) is 0 Å². The number of aromatic nitrogens is 2. The molecule has 7 nitrogen and oxygen atoms in total. The Bertz CT molecular complexity index is 1190. The molecule has 1 heterocycles. The first kappa shape index (κ1) is 26.6. The second-order valence-corrected chi connectivity index (χ2v) is 8.71. The fourth-order valence-corrected chi connectivity index (χ4v) is 2.58. The number of benzene rings is 3. The van der Waals surface area contributed by atoms with Gasteiger partial charge in [0.25, 0.3) is 0 Å². The molecule has 0 fully saturated rings. The topological polar surface area (TPSA) is 93.3 Å². The first-order chi connectivity index (χ1) is 16.4. The van der Waals surface area contributed by atoms with Crippen LogP contribution in [0.1, 0.15) is 19.7 Å². The summed E-state index contributed by atoms with van der Waals surface area (Å²) in [7, 11) is -1.54. The van der Waals surface area contributed by atoms with E-state index < -0.39 is 10.0 Å². The van der Waals surface area contributed by atoms with Gasteiger partial charge in [0.1, 0.15) is 29.7 Å². The summed E-state index contributed by atoms with van der Waals surface area (Å²) in [5, 5.41) is 0. The van der Waals surface area contributed by atoms with Gasteiger partial charge in [0.15, 0.2) is 0 Å². The predicted octanol–water partition coefficient (Wildman–Crippen LogP) is 5.64. The zero-order chi connectivity index (χ0) is 24.8. The number of rotatable bonds is 7. The lowest BCUT2D eigenvalue weighted by atomic mass is 10.1. The summed E-state index contributed by atoms with van der Waals surface area (Å²) in [4.78, 5) is 7.68. The third-order valence-corrected chi connectivity index (χ3v) is 5.00. The molecule has 2 N–H and O–H groups in total. The lowest BCUT2D eigenvalue weighted by molar-refractivity contribution is 0.297. The fraction of sp³-hybridized carbons (Fsp3) is 0.192. The summed E-state index contributed by atoms with van der Waals surface area (Å²) in [5.41, 5.74) is 1.99. The third-order valence-electron chi connectivity index (χ3n) is 4.26. The van der Waals surface area contributed by atoms with Crippen molar-refractivity contribution in [2.75, 3.05) is 13.3 Å². The molecule has 0 radical (unpaired) electrons. The van der Waals surface area contributed by atoms with E-state index >= 15 is 0 Å². The molecule has 1 aromatic heterocycles. The average Bonchev–Trinajstić information content (AvgIpc) is 3.35. The van der Waals surface area contributed by atoms with Crippen molar-refractivity contribution in [3.05, 3.63) is 97.0 Å². The van der Waals surface area contributed by atoms with E-state index in [1.54, 1.807) is 0 Å². The molecule has 0 aliphatic carbocycles. The molecule has 0 saturated carbocycles. The Labute approximate surface area is 201 Å². The zero-order valence-electron chi connectivity index (χ0n) is 19.9. The first-order valence-electron chi connectivity index (χ1n) is 10.9. The number of hydrogen-bond donors (Lipinski definition) is 2. The molecule has 8 heteroatoms. The molecular formula is C26H31N3O4S. The van der Waals surface area contributed by atoms with Crippen LogP contribution < -0.4 is 14.2 Å². The molecule has 4 aromatic rings. The minimum atomic E-state index is -2.91. The van der Waals surface area contributed by atoms with Gasteiger partial charge in [0.05, 0.1) is 18.1 Å². The van der Waals surface area contributed by atoms with E-state index in [1.807, 2.05) is 105 Å². The Hall–Kier alpha value is -3.62. The highest BCUT2D eigenvalue weighted by Gasteiger charge is 2.05. The number of nitrogens with one attached hydrogen (secondary N) is 2. The van der Waals surface area contributed by atoms with E-state index in [0.717, 1.165) is 40.6 Å².